The molecular weight excluding hydrogens is 795 g/mol. The molecule has 0 saturated heterocycles. The molecule has 13 aromatic rings. The fraction of sp³-hybridized carbons (Fsp3) is 0. The number of hydrogen-bond donors (Lipinski definition) is 0. The summed E-state index contributed by atoms with van der Waals surface area (Å²) in [6.07, 6.45) is 0. The molecule has 0 atom stereocenters. The summed E-state index contributed by atoms with van der Waals surface area (Å²) in [4.78, 5) is 5.13. The highest BCUT2D eigenvalue weighted by Gasteiger charge is 2.34. The Morgan fingerprint density at radius 3 is 0.875 bits per heavy atom. The summed E-state index contributed by atoms with van der Waals surface area (Å²) in [5, 5.41) is 7.44. The van der Waals surface area contributed by atoms with E-state index in [0.29, 0.717) is 0 Å². The summed E-state index contributed by atoms with van der Waals surface area (Å²) in [6, 6.07) is 92.2. The van der Waals surface area contributed by atoms with Gasteiger partial charge in [0.05, 0.1) is 33.1 Å². The Morgan fingerprint density at radius 2 is 0.500 bits per heavy atom. The summed E-state index contributed by atoms with van der Waals surface area (Å²) >= 11 is 0. The van der Waals surface area contributed by atoms with Gasteiger partial charge in [-0.05, 0) is 103 Å². The third-order valence-electron chi connectivity index (χ3n) is 13.1. The van der Waals surface area contributed by atoms with Gasteiger partial charge >= 0.3 is 0 Å². The molecule has 4 heteroatoms. The number of hydrogen-bond acceptors (Lipinski definition) is 0. The Balaban J connectivity index is 1.16. The van der Waals surface area contributed by atoms with Gasteiger partial charge in [0.25, 0.3) is 0 Å². The Hall–Kier alpha value is -8.05. The molecule has 0 N–H and O–H groups in total. The van der Waals surface area contributed by atoms with Crippen molar-refractivity contribution in [2.45, 2.75) is 19.6 Å². The van der Waals surface area contributed by atoms with Crippen LogP contribution in [0.2, 0.25) is 0 Å². The zero-order valence-corrected chi connectivity index (χ0v) is 35.7. The third-order valence-corrected chi connectivity index (χ3v) is 17.0. The number of nitrogens with zero attached hydrogens (tertiary/aromatic N) is 3. The molecule has 0 fully saturated rings. The van der Waals surface area contributed by atoms with E-state index in [1.54, 1.807) is 0 Å². The zero-order valence-electron chi connectivity index (χ0n) is 34.9. The van der Waals surface area contributed by atoms with E-state index in [1.165, 1.54) is 79.5 Å². The van der Waals surface area contributed by atoms with Crippen LogP contribution in [0.25, 0.3) is 82.5 Å². The van der Waals surface area contributed by atoms with Gasteiger partial charge in [0.15, 0.2) is 0 Å². The van der Waals surface area contributed by atoms with Crippen LogP contribution in [-0.4, -0.2) is 13.7 Å². The third kappa shape index (κ3) is 5.36. The minimum atomic E-state index is -2.06. The molecule has 302 valence electrons. The molecule has 10 aromatic carbocycles. The minimum Gasteiger partial charge on any atom is -0.309 e. The van der Waals surface area contributed by atoms with Crippen LogP contribution in [0.5, 0.6) is 0 Å². The van der Waals surface area contributed by atoms with Gasteiger partial charge in [0.1, 0.15) is 0 Å². The van der Waals surface area contributed by atoms with Crippen LogP contribution in [0.4, 0.5) is 0 Å². The first kappa shape index (κ1) is 36.6. The number of rotatable bonds is 7. The molecule has 64 heavy (non-hydrogen) atoms. The Labute approximate surface area is 372 Å². The van der Waals surface area contributed by atoms with Crippen LogP contribution < -0.4 is 0 Å². The van der Waals surface area contributed by atoms with Crippen molar-refractivity contribution in [3.63, 3.8) is 0 Å². The van der Waals surface area contributed by atoms with Crippen LogP contribution in [0, 0.1) is 0 Å². The SMILES string of the molecule is c1ccc(S(c2ccccc2)(c2ccccc2)c2cc(-n3c4ccccc4c4ccccc43)cc(-n3c4ccccc4c4cc(-n5c6ccccc6c6ccccc65)ccc43)c2)cc1. The molecule has 0 unspecified atom stereocenters. The van der Waals surface area contributed by atoms with E-state index in [4.69, 9.17) is 0 Å². The average molecular weight is 836 g/mol. The molecule has 0 saturated carbocycles. The molecule has 0 spiro atoms. The van der Waals surface area contributed by atoms with Crippen LogP contribution in [0.15, 0.2) is 268 Å². The first-order valence-electron chi connectivity index (χ1n) is 21.9. The highest BCUT2D eigenvalue weighted by Crippen LogP contribution is 2.73. The van der Waals surface area contributed by atoms with E-state index >= 15 is 0 Å². The predicted octanol–water partition coefficient (Wildman–Crippen LogP) is 16.3. The normalized spacial score (nSPS) is 12.3. The second-order valence-electron chi connectivity index (χ2n) is 16.5. The van der Waals surface area contributed by atoms with E-state index in [2.05, 4.69) is 262 Å². The molecule has 0 amide bonds. The van der Waals surface area contributed by atoms with E-state index in [-0.39, 0.29) is 0 Å². The van der Waals surface area contributed by atoms with E-state index in [9.17, 15) is 0 Å². The second-order valence-corrected chi connectivity index (χ2v) is 19.6. The minimum absolute atomic E-state index is 1.12. The molecule has 0 radical (unpaired) electrons. The van der Waals surface area contributed by atoms with Crippen molar-refractivity contribution in [3.05, 3.63) is 249 Å². The standard InChI is InChI=1S/C60H41N3S/c1-4-20-45(21-5-1)64(46-22-6-2-7-23-46,47-24-8-3-9-25-47)48-39-43(62-57-33-17-12-28-51(57)52-29-13-18-34-58(52)62)38-44(40-48)63-59-35-19-14-30-53(59)54-41-42(36-37-60(54)63)61-55-31-15-10-26-49(55)50-27-11-16-32-56(50)61/h1-41H. The molecule has 0 bridgehead atoms. The van der Waals surface area contributed by atoms with Crippen LogP contribution in [-0.2, 0) is 0 Å². The van der Waals surface area contributed by atoms with Gasteiger partial charge in [-0.2, -0.15) is 0 Å². The van der Waals surface area contributed by atoms with Gasteiger partial charge in [-0.15, -0.1) is 10.0 Å². The largest absolute Gasteiger partial charge is 0.309 e. The molecular formula is C60H41N3S. The second kappa shape index (κ2) is 14.5. The summed E-state index contributed by atoms with van der Waals surface area (Å²) in [5.41, 5.74) is 10.5. The maximum atomic E-state index is 2.51. The lowest BCUT2D eigenvalue weighted by Crippen LogP contribution is -2.08. The van der Waals surface area contributed by atoms with E-state index < -0.39 is 10.0 Å². The maximum Gasteiger partial charge on any atom is 0.0542 e. The van der Waals surface area contributed by atoms with Crippen LogP contribution in [0.1, 0.15) is 0 Å². The zero-order chi connectivity index (χ0) is 42.2. The average Bonchev–Trinajstić information content (AvgIpc) is 4.01. The van der Waals surface area contributed by atoms with Crippen molar-refractivity contribution in [1.82, 2.24) is 13.7 Å². The van der Waals surface area contributed by atoms with Crippen LogP contribution >= 0.6 is 10.0 Å². The van der Waals surface area contributed by atoms with E-state index in [1.807, 2.05) is 0 Å². The maximum absolute atomic E-state index is 2.51. The number of aromatic nitrogens is 3. The Morgan fingerprint density at radius 1 is 0.203 bits per heavy atom. The lowest BCUT2D eigenvalue weighted by atomic mass is 10.1. The molecule has 13 rings (SSSR count). The predicted molar refractivity (Wildman–Crippen MR) is 269 cm³/mol. The summed E-state index contributed by atoms with van der Waals surface area (Å²) < 4.78 is 7.41. The van der Waals surface area contributed by atoms with Crippen molar-refractivity contribution in [2.24, 2.45) is 0 Å². The van der Waals surface area contributed by atoms with Crippen molar-refractivity contribution in [1.29, 1.82) is 0 Å². The molecule has 3 nitrogen and oxygen atoms in total. The fourth-order valence-electron chi connectivity index (χ4n) is 10.5. The molecule has 0 aliphatic carbocycles. The highest BCUT2D eigenvalue weighted by molar-refractivity contribution is 8.34. The monoisotopic (exact) mass is 835 g/mol. The number of fused-ring (bicyclic) bond motifs is 9. The summed E-state index contributed by atoms with van der Waals surface area (Å²) in [6.45, 7) is 0. The van der Waals surface area contributed by atoms with Gasteiger partial charge in [-0.3, -0.25) is 0 Å². The lowest BCUT2D eigenvalue weighted by Gasteiger charge is -2.42. The smallest absolute Gasteiger partial charge is 0.0542 e. The molecule has 3 heterocycles. The van der Waals surface area contributed by atoms with Crippen molar-refractivity contribution < 1.29 is 0 Å². The lowest BCUT2D eigenvalue weighted by molar-refractivity contribution is 1.10. The van der Waals surface area contributed by atoms with Crippen molar-refractivity contribution in [2.75, 3.05) is 0 Å². The van der Waals surface area contributed by atoms with Gasteiger partial charge in [-0.1, -0.05) is 146 Å². The fourth-order valence-corrected chi connectivity index (χ4v) is 14.4. The van der Waals surface area contributed by atoms with Crippen molar-refractivity contribution in [3.8, 4) is 17.1 Å². The molecule has 3 aromatic heterocycles. The van der Waals surface area contributed by atoms with Crippen molar-refractivity contribution >= 4 is 75.4 Å². The molecule has 0 aliphatic rings. The molecule has 0 aliphatic heterocycles. The first-order chi connectivity index (χ1) is 31.8. The first-order valence-corrected chi connectivity index (χ1v) is 23.6. The van der Waals surface area contributed by atoms with Gasteiger partial charge in [-0.25, -0.2) is 0 Å². The van der Waals surface area contributed by atoms with Gasteiger partial charge < -0.3 is 13.7 Å². The topological polar surface area (TPSA) is 14.8 Å². The number of benzene rings is 10. The van der Waals surface area contributed by atoms with Gasteiger partial charge in [0, 0.05) is 69.0 Å². The highest BCUT2D eigenvalue weighted by atomic mass is 32.3. The quantitative estimate of drug-likeness (QED) is 0.152. The summed E-state index contributed by atoms with van der Waals surface area (Å²) in [7, 11) is -2.06. The summed E-state index contributed by atoms with van der Waals surface area (Å²) in [5.74, 6) is 0. The Bertz CT molecular complexity index is 3690. The number of para-hydroxylation sites is 5. The van der Waals surface area contributed by atoms with E-state index in [0.717, 1.165) is 22.6 Å². The van der Waals surface area contributed by atoms with Crippen LogP contribution in [0.3, 0.4) is 0 Å². The Kier molecular flexibility index (Phi) is 8.30. The van der Waals surface area contributed by atoms with Gasteiger partial charge in [0.2, 0.25) is 0 Å².